The van der Waals surface area contributed by atoms with Crippen LogP contribution < -0.4 is 10.6 Å². The number of amides is 4. The summed E-state index contributed by atoms with van der Waals surface area (Å²) in [4.78, 5) is 39.0. The zero-order valence-electron chi connectivity index (χ0n) is 9.77. The van der Waals surface area contributed by atoms with Gasteiger partial charge in [-0.3, -0.25) is 19.5 Å². The van der Waals surface area contributed by atoms with Gasteiger partial charge in [-0.15, -0.1) is 0 Å². The van der Waals surface area contributed by atoms with Gasteiger partial charge in [-0.05, 0) is 19.1 Å². The molecule has 1 aromatic rings. The van der Waals surface area contributed by atoms with Gasteiger partial charge in [0.15, 0.2) is 0 Å². The molecule has 1 aromatic heterocycles. The normalized spacial score (nSPS) is 14.6. The Kier molecular flexibility index (Phi) is 3.22. The van der Waals surface area contributed by atoms with E-state index in [9.17, 15) is 14.4 Å². The van der Waals surface area contributed by atoms with Crippen LogP contribution in [0.25, 0.3) is 0 Å². The van der Waals surface area contributed by atoms with Gasteiger partial charge in [0.25, 0.3) is 5.91 Å². The van der Waals surface area contributed by atoms with E-state index in [0.29, 0.717) is 5.69 Å². The number of aromatic nitrogens is 1. The monoisotopic (exact) mass is 248 g/mol. The number of imide groups is 1. The fourth-order valence-electron chi connectivity index (χ4n) is 1.58. The maximum absolute atomic E-state index is 11.7. The van der Waals surface area contributed by atoms with Crippen LogP contribution in [0.2, 0.25) is 0 Å². The second kappa shape index (κ2) is 4.82. The molecule has 2 rings (SSSR count). The fourth-order valence-corrected chi connectivity index (χ4v) is 1.58. The minimum absolute atomic E-state index is 0.0551. The molecule has 0 unspecified atom stereocenters. The van der Waals surface area contributed by atoms with Crippen LogP contribution in [0.1, 0.15) is 5.69 Å². The maximum Gasteiger partial charge on any atom is 0.325 e. The Morgan fingerprint density at radius 2 is 2.33 bits per heavy atom. The molecule has 0 aliphatic carbocycles. The first kappa shape index (κ1) is 12.0. The lowest BCUT2D eigenvalue weighted by Gasteiger charge is -2.12. The van der Waals surface area contributed by atoms with Gasteiger partial charge in [-0.2, -0.15) is 0 Å². The minimum atomic E-state index is -0.541. The molecule has 0 atom stereocenters. The van der Waals surface area contributed by atoms with E-state index >= 15 is 0 Å². The topological polar surface area (TPSA) is 91.4 Å². The minimum Gasteiger partial charge on any atom is -0.329 e. The number of carbonyl (C=O) groups is 3. The first-order chi connectivity index (χ1) is 8.56. The van der Waals surface area contributed by atoms with Gasteiger partial charge in [0.2, 0.25) is 5.91 Å². The Balaban J connectivity index is 1.97. The third-order valence-corrected chi connectivity index (χ3v) is 2.42. The van der Waals surface area contributed by atoms with Crippen molar-refractivity contribution in [2.75, 3.05) is 18.4 Å². The van der Waals surface area contributed by atoms with E-state index in [1.165, 1.54) is 0 Å². The van der Waals surface area contributed by atoms with Crippen molar-refractivity contribution in [2.24, 2.45) is 0 Å². The molecule has 4 amide bonds. The Morgan fingerprint density at radius 3 is 2.94 bits per heavy atom. The van der Waals surface area contributed by atoms with Crippen LogP contribution in [-0.2, 0) is 9.59 Å². The standard InChI is InChI=1S/C11H12N4O3/c1-7-4-8(2-3-12-7)14-9(16)6-15-10(17)5-13-11(15)18/h2-4H,5-6H2,1H3,(H,13,18)(H,12,14,16). The van der Waals surface area contributed by atoms with Gasteiger partial charge < -0.3 is 10.6 Å². The van der Waals surface area contributed by atoms with Gasteiger partial charge in [-0.1, -0.05) is 0 Å². The quantitative estimate of drug-likeness (QED) is 0.729. The lowest BCUT2D eigenvalue weighted by atomic mass is 10.3. The number of urea groups is 1. The van der Waals surface area contributed by atoms with E-state index in [4.69, 9.17) is 0 Å². The van der Waals surface area contributed by atoms with Crippen molar-refractivity contribution in [3.8, 4) is 0 Å². The molecule has 0 aromatic carbocycles. The highest BCUT2D eigenvalue weighted by atomic mass is 16.2. The Bertz CT molecular complexity index is 499. The zero-order chi connectivity index (χ0) is 13.1. The van der Waals surface area contributed by atoms with Crippen LogP contribution in [0.15, 0.2) is 18.3 Å². The molecule has 2 heterocycles. The summed E-state index contributed by atoms with van der Waals surface area (Å²) in [5.41, 5.74) is 1.35. The number of aryl methyl sites for hydroxylation is 1. The molecule has 1 fully saturated rings. The highest BCUT2D eigenvalue weighted by molar-refractivity contribution is 6.06. The van der Waals surface area contributed by atoms with Crippen molar-refractivity contribution in [1.82, 2.24) is 15.2 Å². The predicted molar refractivity (Wildman–Crippen MR) is 62.7 cm³/mol. The highest BCUT2D eigenvalue weighted by Gasteiger charge is 2.30. The van der Waals surface area contributed by atoms with Gasteiger partial charge in [0.05, 0.1) is 6.54 Å². The Labute approximate surface area is 103 Å². The Hall–Kier alpha value is -2.44. The molecule has 0 bridgehead atoms. The molecule has 1 saturated heterocycles. The summed E-state index contributed by atoms with van der Waals surface area (Å²) < 4.78 is 0. The number of carbonyl (C=O) groups excluding carboxylic acids is 3. The van der Waals surface area contributed by atoms with Crippen molar-refractivity contribution >= 4 is 23.5 Å². The summed E-state index contributed by atoms with van der Waals surface area (Å²) >= 11 is 0. The lowest BCUT2D eigenvalue weighted by molar-refractivity contribution is -0.128. The number of pyridine rings is 1. The smallest absolute Gasteiger partial charge is 0.325 e. The summed E-state index contributed by atoms with van der Waals surface area (Å²) in [6.45, 7) is 1.46. The zero-order valence-corrected chi connectivity index (χ0v) is 9.77. The van der Waals surface area contributed by atoms with Gasteiger partial charge in [-0.25, -0.2) is 4.79 Å². The molecule has 0 spiro atoms. The molecular weight excluding hydrogens is 236 g/mol. The first-order valence-corrected chi connectivity index (χ1v) is 5.37. The summed E-state index contributed by atoms with van der Waals surface area (Å²) in [5, 5.41) is 4.94. The molecule has 18 heavy (non-hydrogen) atoms. The van der Waals surface area contributed by atoms with E-state index in [1.54, 1.807) is 25.3 Å². The Morgan fingerprint density at radius 1 is 1.56 bits per heavy atom. The summed E-state index contributed by atoms with van der Waals surface area (Å²) in [6.07, 6.45) is 1.57. The van der Waals surface area contributed by atoms with E-state index in [2.05, 4.69) is 15.6 Å². The maximum atomic E-state index is 11.7. The average molecular weight is 248 g/mol. The lowest BCUT2D eigenvalue weighted by Crippen LogP contribution is -2.38. The number of rotatable bonds is 3. The van der Waals surface area contributed by atoms with Crippen LogP contribution in [0, 0.1) is 6.92 Å². The van der Waals surface area contributed by atoms with E-state index in [1.807, 2.05) is 0 Å². The second-order valence-corrected chi connectivity index (χ2v) is 3.87. The summed E-state index contributed by atoms with van der Waals surface area (Å²) in [5.74, 6) is -0.827. The first-order valence-electron chi connectivity index (χ1n) is 5.37. The number of nitrogens with one attached hydrogen (secondary N) is 2. The van der Waals surface area contributed by atoms with Gasteiger partial charge >= 0.3 is 6.03 Å². The predicted octanol–water partition coefficient (Wildman–Crippen LogP) is -0.120. The molecule has 1 aliphatic rings. The van der Waals surface area contributed by atoms with Crippen molar-refractivity contribution < 1.29 is 14.4 Å². The number of nitrogens with zero attached hydrogens (tertiary/aromatic N) is 2. The molecule has 1 aliphatic heterocycles. The van der Waals surface area contributed by atoms with Crippen molar-refractivity contribution in [2.45, 2.75) is 6.92 Å². The van der Waals surface area contributed by atoms with E-state index in [0.717, 1.165) is 10.6 Å². The van der Waals surface area contributed by atoms with Gasteiger partial charge in [0.1, 0.15) is 6.54 Å². The molecule has 94 valence electrons. The van der Waals surface area contributed by atoms with Gasteiger partial charge in [0, 0.05) is 17.6 Å². The molecule has 2 N–H and O–H groups in total. The number of hydrogen-bond acceptors (Lipinski definition) is 4. The second-order valence-electron chi connectivity index (χ2n) is 3.87. The van der Waals surface area contributed by atoms with Crippen LogP contribution in [-0.4, -0.2) is 40.8 Å². The highest BCUT2D eigenvalue weighted by Crippen LogP contribution is 2.07. The third kappa shape index (κ3) is 2.62. The van der Waals surface area contributed by atoms with Crippen LogP contribution in [0.5, 0.6) is 0 Å². The number of hydrogen-bond donors (Lipinski definition) is 2. The molecule has 7 nitrogen and oxygen atoms in total. The van der Waals surface area contributed by atoms with Crippen molar-refractivity contribution in [3.05, 3.63) is 24.0 Å². The van der Waals surface area contributed by atoms with Crippen LogP contribution in [0.4, 0.5) is 10.5 Å². The third-order valence-electron chi connectivity index (χ3n) is 2.42. The average Bonchev–Trinajstić information content (AvgIpc) is 2.61. The molecular formula is C11H12N4O3. The summed E-state index contributed by atoms with van der Waals surface area (Å²) in [7, 11) is 0. The van der Waals surface area contributed by atoms with Crippen LogP contribution >= 0.6 is 0 Å². The van der Waals surface area contributed by atoms with Crippen molar-refractivity contribution in [3.63, 3.8) is 0 Å². The largest absolute Gasteiger partial charge is 0.329 e. The summed E-state index contributed by atoms with van der Waals surface area (Å²) in [6, 6.07) is 2.79. The molecule has 0 saturated carbocycles. The number of anilines is 1. The van der Waals surface area contributed by atoms with E-state index < -0.39 is 17.8 Å². The molecule has 7 heteroatoms. The van der Waals surface area contributed by atoms with Crippen LogP contribution in [0.3, 0.4) is 0 Å². The fraction of sp³-hybridized carbons (Fsp3) is 0.273. The molecule has 0 radical (unpaired) electrons. The van der Waals surface area contributed by atoms with Crippen molar-refractivity contribution in [1.29, 1.82) is 0 Å². The van der Waals surface area contributed by atoms with E-state index in [-0.39, 0.29) is 13.1 Å². The SMILES string of the molecule is Cc1cc(NC(=O)CN2C(=O)CNC2=O)ccn1.